The van der Waals surface area contributed by atoms with Gasteiger partial charge in [-0.15, -0.1) is 0 Å². The largest absolute Gasteiger partial charge is 0.269 e. The third-order valence-corrected chi connectivity index (χ3v) is 4.46. The molecule has 0 bridgehead atoms. The fraction of sp³-hybridized carbons (Fsp3) is 0.0952. The van der Waals surface area contributed by atoms with Crippen molar-refractivity contribution in [2.75, 3.05) is 0 Å². The molecule has 2 aromatic carbocycles. The molecule has 0 saturated heterocycles. The van der Waals surface area contributed by atoms with Gasteiger partial charge in [0.2, 0.25) is 0 Å². The predicted octanol–water partition coefficient (Wildman–Crippen LogP) is 3.01. The van der Waals surface area contributed by atoms with Gasteiger partial charge in [-0.3, -0.25) is 30.6 Å². The number of nitro benzene ring substituents is 1. The second-order valence-electron chi connectivity index (χ2n) is 6.55. The summed E-state index contributed by atoms with van der Waals surface area (Å²) < 4.78 is 14.8. The molecule has 31 heavy (non-hydrogen) atoms. The third kappa shape index (κ3) is 4.99. The summed E-state index contributed by atoms with van der Waals surface area (Å²) in [6.45, 7) is 3.60. The minimum atomic E-state index is -0.617. The van der Waals surface area contributed by atoms with Crippen molar-refractivity contribution in [2.24, 2.45) is 0 Å². The molecule has 0 aliphatic rings. The topological polar surface area (TPSA) is 119 Å². The number of nitrogens with zero attached hydrogens (tertiary/aromatic N) is 3. The summed E-state index contributed by atoms with van der Waals surface area (Å²) >= 11 is 0. The number of benzene rings is 2. The van der Waals surface area contributed by atoms with Crippen LogP contribution in [0.2, 0.25) is 0 Å². The number of carbonyl (C=O) groups excluding carboxylic acids is 2. The van der Waals surface area contributed by atoms with Crippen LogP contribution in [-0.4, -0.2) is 26.5 Å². The van der Waals surface area contributed by atoms with E-state index < -0.39 is 16.7 Å². The molecule has 9 nitrogen and oxygen atoms in total. The Morgan fingerprint density at radius 2 is 1.71 bits per heavy atom. The first-order valence-corrected chi connectivity index (χ1v) is 9.11. The van der Waals surface area contributed by atoms with Crippen molar-refractivity contribution in [3.8, 4) is 5.69 Å². The zero-order valence-electron chi connectivity index (χ0n) is 16.6. The first kappa shape index (κ1) is 21.4. The maximum atomic E-state index is 13.1. The van der Waals surface area contributed by atoms with Crippen molar-refractivity contribution >= 4 is 23.6 Å². The quantitative estimate of drug-likeness (QED) is 0.371. The van der Waals surface area contributed by atoms with Gasteiger partial charge in [0.1, 0.15) is 5.82 Å². The van der Waals surface area contributed by atoms with E-state index in [1.165, 1.54) is 42.5 Å². The van der Waals surface area contributed by atoms with Crippen molar-refractivity contribution < 1.29 is 18.9 Å². The molecule has 1 heterocycles. The normalized spacial score (nSPS) is 10.8. The molecule has 2 amide bonds. The number of aromatic nitrogens is 2. The summed E-state index contributed by atoms with van der Waals surface area (Å²) in [5.74, 6) is -1.55. The van der Waals surface area contributed by atoms with Gasteiger partial charge < -0.3 is 0 Å². The second kappa shape index (κ2) is 8.99. The van der Waals surface area contributed by atoms with E-state index in [1.54, 1.807) is 29.8 Å². The molecule has 3 rings (SSSR count). The SMILES string of the molecule is Cc1nn(-c2ccc(F)cc2)c(C)c1/C=C/C(=O)NNC(=O)c1ccc([N+](=O)[O-])cc1. The Morgan fingerprint density at radius 3 is 2.32 bits per heavy atom. The predicted molar refractivity (Wildman–Crippen MR) is 111 cm³/mol. The molecule has 0 aliphatic heterocycles. The molecule has 10 heteroatoms. The van der Waals surface area contributed by atoms with Gasteiger partial charge in [-0.05, 0) is 56.3 Å². The Morgan fingerprint density at radius 1 is 1.06 bits per heavy atom. The van der Waals surface area contributed by atoms with Gasteiger partial charge in [-0.25, -0.2) is 9.07 Å². The average Bonchev–Trinajstić information content (AvgIpc) is 3.04. The lowest BCUT2D eigenvalue weighted by Gasteiger charge is -2.05. The van der Waals surface area contributed by atoms with E-state index in [0.29, 0.717) is 16.9 Å². The van der Waals surface area contributed by atoms with Crippen LogP contribution in [-0.2, 0) is 4.79 Å². The van der Waals surface area contributed by atoms with Crippen molar-refractivity contribution in [3.63, 3.8) is 0 Å². The van der Waals surface area contributed by atoms with Gasteiger partial charge in [-0.1, -0.05) is 0 Å². The summed E-state index contributed by atoms with van der Waals surface area (Å²) in [4.78, 5) is 34.2. The van der Waals surface area contributed by atoms with Crippen LogP contribution < -0.4 is 10.9 Å². The first-order valence-electron chi connectivity index (χ1n) is 9.11. The van der Waals surface area contributed by atoms with E-state index in [1.807, 2.05) is 6.92 Å². The van der Waals surface area contributed by atoms with E-state index in [2.05, 4.69) is 16.0 Å². The number of hydrazine groups is 1. The number of nitrogens with one attached hydrogen (secondary N) is 2. The third-order valence-electron chi connectivity index (χ3n) is 4.46. The maximum absolute atomic E-state index is 13.1. The van der Waals surface area contributed by atoms with E-state index >= 15 is 0 Å². The number of non-ortho nitro benzene ring substituents is 1. The molecule has 0 spiro atoms. The lowest BCUT2D eigenvalue weighted by molar-refractivity contribution is -0.384. The molecular formula is C21H18FN5O4. The molecule has 0 aliphatic carbocycles. The van der Waals surface area contributed by atoms with E-state index in [9.17, 15) is 24.1 Å². The van der Waals surface area contributed by atoms with Crippen LogP contribution in [0.4, 0.5) is 10.1 Å². The summed E-state index contributed by atoms with van der Waals surface area (Å²) in [7, 11) is 0. The van der Waals surface area contributed by atoms with E-state index in [-0.39, 0.29) is 17.1 Å². The van der Waals surface area contributed by atoms with Crippen molar-refractivity contribution in [3.05, 3.63) is 93.1 Å². The number of amides is 2. The van der Waals surface area contributed by atoms with Gasteiger partial charge in [0.25, 0.3) is 17.5 Å². The first-order chi connectivity index (χ1) is 14.8. The minimum Gasteiger partial charge on any atom is -0.268 e. The molecule has 0 atom stereocenters. The van der Waals surface area contributed by atoms with Crippen LogP contribution in [0.25, 0.3) is 11.8 Å². The lowest BCUT2D eigenvalue weighted by Crippen LogP contribution is -2.40. The Bertz CT molecular complexity index is 1170. The van der Waals surface area contributed by atoms with Crippen LogP contribution in [0.1, 0.15) is 27.3 Å². The number of aryl methyl sites for hydroxylation is 1. The standard InChI is InChI=1S/C21H18FN5O4/c1-13-19(14(2)26(25-13)17-9-5-16(22)6-10-17)11-12-20(28)23-24-21(29)15-3-7-18(8-4-15)27(30)31/h3-12H,1-2H3,(H,23,28)(H,24,29)/b12-11+. The zero-order valence-corrected chi connectivity index (χ0v) is 16.6. The van der Waals surface area contributed by atoms with Gasteiger partial charge in [-0.2, -0.15) is 5.10 Å². The molecular weight excluding hydrogens is 405 g/mol. The molecule has 0 unspecified atom stereocenters. The molecule has 1 aromatic heterocycles. The monoisotopic (exact) mass is 423 g/mol. The Kier molecular flexibility index (Phi) is 6.20. The highest BCUT2D eigenvalue weighted by atomic mass is 19.1. The number of carbonyl (C=O) groups is 2. The highest BCUT2D eigenvalue weighted by Crippen LogP contribution is 2.19. The van der Waals surface area contributed by atoms with E-state index in [4.69, 9.17) is 0 Å². The van der Waals surface area contributed by atoms with Crippen LogP contribution in [0.15, 0.2) is 54.6 Å². The van der Waals surface area contributed by atoms with Crippen molar-refractivity contribution in [1.29, 1.82) is 0 Å². The van der Waals surface area contributed by atoms with E-state index in [0.717, 1.165) is 5.69 Å². The zero-order chi connectivity index (χ0) is 22.5. The fourth-order valence-electron chi connectivity index (χ4n) is 2.86. The molecule has 3 aromatic rings. The Hall–Kier alpha value is -4.34. The number of hydrogen-bond acceptors (Lipinski definition) is 5. The molecule has 0 fully saturated rings. The molecule has 158 valence electrons. The lowest BCUT2D eigenvalue weighted by atomic mass is 10.2. The summed E-state index contributed by atoms with van der Waals surface area (Å²) in [5.41, 5.74) is 7.30. The highest BCUT2D eigenvalue weighted by molar-refractivity contribution is 5.98. The van der Waals surface area contributed by atoms with Crippen molar-refractivity contribution in [1.82, 2.24) is 20.6 Å². The highest BCUT2D eigenvalue weighted by Gasteiger charge is 2.12. The van der Waals surface area contributed by atoms with Crippen LogP contribution >= 0.6 is 0 Å². The number of hydrogen-bond donors (Lipinski definition) is 2. The van der Waals surface area contributed by atoms with Crippen LogP contribution in [0.5, 0.6) is 0 Å². The summed E-state index contributed by atoms with van der Waals surface area (Å²) in [6, 6.07) is 10.8. The average molecular weight is 423 g/mol. The second-order valence-corrected chi connectivity index (χ2v) is 6.55. The molecule has 2 N–H and O–H groups in total. The number of rotatable bonds is 5. The Balaban J connectivity index is 1.64. The Labute approximate surface area is 176 Å². The summed E-state index contributed by atoms with van der Waals surface area (Å²) in [6.07, 6.45) is 2.80. The van der Waals surface area contributed by atoms with Gasteiger partial charge >= 0.3 is 0 Å². The van der Waals surface area contributed by atoms with Gasteiger partial charge in [0.05, 0.1) is 16.3 Å². The fourth-order valence-corrected chi connectivity index (χ4v) is 2.86. The number of nitro groups is 1. The van der Waals surface area contributed by atoms with Crippen molar-refractivity contribution in [2.45, 2.75) is 13.8 Å². The molecule has 0 saturated carbocycles. The van der Waals surface area contributed by atoms with Gasteiger partial charge in [0.15, 0.2) is 0 Å². The van der Waals surface area contributed by atoms with Crippen LogP contribution in [0.3, 0.4) is 0 Å². The van der Waals surface area contributed by atoms with Crippen LogP contribution in [0, 0.1) is 29.8 Å². The smallest absolute Gasteiger partial charge is 0.268 e. The summed E-state index contributed by atoms with van der Waals surface area (Å²) in [5, 5.41) is 15.1. The number of halogens is 1. The van der Waals surface area contributed by atoms with Gasteiger partial charge in [0, 0.05) is 35.0 Å². The maximum Gasteiger partial charge on any atom is 0.269 e. The minimum absolute atomic E-state index is 0.143. The molecule has 0 radical (unpaired) electrons.